The molecule has 1 saturated heterocycles. The van der Waals surface area contributed by atoms with E-state index >= 15 is 0 Å². The summed E-state index contributed by atoms with van der Waals surface area (Å²) in [6, 6.07) is 7.48. The molecule has 1 aliphatic rings. The average molecular weight is 263 g/mol. The number of carbonyl (C=O) groups is 1. The van der Waals surface area contributed by atoms with Crippen LogP contribution >= 0.6 is 0 Å². The summed E-state index contributed by atoms with van der Waals surface area (Å²) >= 11 is 0. The van der Waals surface area contributed by atoms with Crippen LogP contribution in [0, 0.1) is 0 Å². The molecule has 0 aromatic heterocycles. The van der Waals surface area contributed by atoms with Crippen molar-refractivity contribution < 1.29 is 14.3 Å². The second kappa shape index (κ2) is 6.57. The van der Waals surface area contributed by atoms with Crippen LogP contribution in [0.3, 0.4) is 0 Å². The summed E-state index contributed by atoms with van der Waals surface area (Å²) in [5.74, 6) is -0.277. The number of hydrogen-bond donors (Lipinski definition) is 0. The van der Waals surface area contributed by atoms with Crippen LogP contribution in [-0.4, -0.2) is 38.9 Å². The van der Waals surface area contributed by atoms with Crippen molar-refractivity contribution in [3.05, 3.63) is 29.8 Å². The molecule has 1 fully saturated rings. The molecule has 0 spiro atoms. The number of anilines is 1. The molecule has 104 valence electrons. The van der Waals surface area contributed by atoms with Crippen LogP contribution < -0.4 is 4.90 Å². The molecule has 1 atom stereocenters. The van der Waals surface area contributed by atoms with Gasteiger partial charge >= 0.3 is 5.97 Å². The van der Waals surface area contributed by atoms with E-state index in [1.54, 1.807) is 12.1 Å². The van der Waals surface area contributed by atoms with E-state index in [2.05, 4.69) is 11.8 Å². The molecule has 1 aliphatic heterocycles. The number of carbonyl (C=O) groups excluding carboxylic acids is 1. The first-order valence-electron chi connectivity index (χ1n) is 6.80. The summed E-state index contributed by atoms with van der Waals surface area (Å²) in [7, 11) is 2.02. The van der Waals surface area contributed by atoms with Gasteiger partial charge in [-0.1, -0.05) is 0 Å². The minimum absolute atomic E-state index is 0.0782. The lowest BCUT2D eigenvalue weighted by Gasteiger charge is -2.16. The van der Waals surface area contributed by atoms with Gasteiger partial charge < -0.3 is 14.4 Å². The van der Waals surface area contributed by atoms with Gasteiger partial charge in [0.05, 0.1) is 11.7 Å². The van der Waals surface area contributed by atoms with Gasteiger partial charge in [0.2, 0.25) is 0 Å². The molecule has 0 radical (unpaired) electrons. The molecular weight excluding hydrogens is 242 g/mol. The van der Waals surface area contributed by atoms with Gasteiger partial charge in [-0.2, -0.15) is 0 Å². The zero-order chi connectivity index (χ0) is 13.7. The molecular formula is C15H21NO3. The third kappa shape index (κ3) is 3.70. The highest BCUT2D eigenvalue weighted by Gasteiger charge is 2.18. The number of benzene rings is 1. The fourth-order valence-corrected chi connectivity index (χ4v) is 2.06. The summed E-state index contributed by atoms with van der Waals surface area (Å²) in [4.78, 5) is 14.0. The molecule has 0 bridgehead atoms. The fourth-order valence-electron chi connectivity index (χ4n) is 2.06. The molecule has 0 N–H and O–H groups in total. The fraction of sp³-hybridized carbons (Fsp3) is 0.533. The Morgan fingerprint density at radius 3 is 2.74 bits per heavy atom. The minimum atomic E-state index is -0.277. The van der Waals surface area contributed by atoms with Gasteiger partial charge in [-0.15, -0.1) is 0 Å². The van der Waals surface area contributed by atoms with E-state index in [1.807, 2.05) is 19.2 Å². The third-order valence-electron chi connectivity index (χ3n) is 3.44. The summed E-state index contributed by atoms with van der Waals surface area (Å²) < 4.78 is 10.7. The lowest BCUT2D eigenvalue weighted by atomic mass is 10.2. The highest BCUT2D eigenvalue weighted by Crippen LogP contribution is 2.16. The molecule has 1 aromatic rings. The van der Waals surface area contributed by atoms with E-state index in [1.165, 1.54) is 0 Å². The molecule has 0 saturated carbocycles. The van der Waals surface area contributed by atoms with E-state index < -0.39 is 0 Å². The van der Waals surface area contributed by atoms with Crippen molar-refractivity contribution in [2.24, 2.45) is 0 Å². The summed E-state index contributed by atoms with van der Waals surface area (Å²) in [6.45, 7) is 4.16. The van der Waals surface area contributed by atoms with E-state index in [0.717, 1.165) is 31.7 Å². The molecule has 0 amide bonds. The van der Waals surface area contributed by atoms with Crippen molar-refractivity contribution in [2.75, 3.05) is 31.7 Å². The maximum Gasteiger partial charge on any atom is 0.338 e. The number of nitrogens with zero attached hydrogens (tertiary/aromatic N) is 1. The Kier molecular flexibility index (Phi) is 4.80. The van der Waals surface area contributed by atoms with Gasteiger partial charge in [-0.3, -0.25) is 0 Å². The molecule has 4 heteroatoms. The molecule has 19 heavy (non-hydrogen) atoms. The van der Waals surface area contributed by atoms with Crippen LogP contribution in [0.1, 0.15) is 30.1 Å². The molecule has 0 aliphatic carbocycles. The second-order valence-electron chi connectivity index (χ2n) is 4.79. The smallest absolute Gasteiger partial charge is 0.338 e. The number of ether oxygens (including phenoxy) is 2. The number of hydrogen-bond acceptors (Lipinski definition) is 4. The normalized spacial score (nSPS) is 18.3. The van der Waals surface area contributed by atoms with Crippen LogP contribution in [-0.2, 0) is 9.47 Å². The molecule has 0 unspecified atom stereocenters. The van der Waals surface area contributed by atoms with E-state index in [4.69, 9.17) is 9.47 Å². The highest BCUT2D eigenvalue weighted by atomic mass is 16.6. The zero-order valence-corrected chi connectivity index (χ0v) is 11.6. The lowest BCUT2D eigenvalue weighted by Crippen LogP contribution is -2.18. The lowest BCUT2D eigenvalue weighted by molar-refractivity contribution is 0.0161. The van der Waals surface area contributed by atoms with Crippen molar-refractivity contribution >= 4 is 11.7 Å². The second-order valence-corrected chi connectivity index (χ2v) is 4.79. The van der Waals surface area contributed by atoms with Gasteiger partial charge in [0.1, 0.15) is 6.61 Å². The van der Waals surface area contributed by atoms with Crippen LogP contribution in [0.15, 0.2) is 24.3 Å². The first kappa shape index (κ1) is 13.9. The maximum atomic E-state index is 11.9. The Hall–Kier alpha value is -1.55. The molecule has 1 aromatic carbocycles. The van der Waals surface area contributed by atoms with Crippen molar-refractivity contribution in [3.8, 4) is 0 Å². The van der Waals surface area contributed by atoms with Crippen molar-refractivity contribution in [2.45, 2.75) is 25.9 Å². The maximum absolute atomic E-state index is 11.9. The van der Waals surface area contributed by atoms with Crippen molar-refractivity contribution in [1.29, 1.82) is 0 Å². The Bertz CT molecular complexity index is 410. The van der Waals surface area contributed by atoms with E-state index in [9.17, 15) is 4.79 Å². The Morgan fingerprint density at radius 2 is 2.16 bits per heavy atom. The number of rotatable bonds is 5. The topological polar surface area (TPSA) is 38.8 Å². The summed E-state index contributed by atoms with van der Waals surface area (Å²) in [5.41, 5.74) is 1.68. The first-order chi connectivity index (χ1) is 9.20. The minimum Gasteiger partial charge on any atom is -0.459 e. The van der Waals surface area contributed by atoms with Crippen molar-refractivity contribution in [1.82, 2.24) is 0 Å². The SMILES string of the molecule is CCN(C)c1ccc(C(=O)OC[C@H]2CCCO2)cc1. The van der Waals surface area contributed by atoms with Gasteiger partial charge in [0.25, 0.3) is 0 Å². The summed E-state index contributed by atoms with van der Waals surface area (Å²) in [6.07, 6.45) is 2.11. The number of esters is 1. The zero-order valence-electron chi connectivity index (χ0n) is 11.6. The third-order valence-corrected chi connectivity index (χ3v) is 3.44. The van der Waals surface area contributed by atoms with Crippen LogP contribution in [0.5, 0.6) is 0 Å². The average Bonchev–Trinajstić information content (AvgIpc) is 2.97. The van der Waals surface area contributed by atoms with Gasteiger partial charge in [-0.05, 0) is 44.0 Å². The Morgan fingerprint density at radius 1 is 1.42 bits per heavy atom. The van der Waals surface area contributed by atoms with Crippen LogP contribution in [0.2, 0.25) is 0 Å². The predicted octanol–water partition coefficient (Wildman–Crippen LogP) is 2.48. The highest BCUT2D eigenvalue weighted by molar-refractivity contribution is 5.89. The predicted molar refractivity (Wildman–Crippen MR) is 74.6 cm³/mol. The van der Waals surface area contributed by atoms with Gasteiger partial charge in [-0.25, -0.2) is 4.79 Å². The quantitative estimate of drug-likeness (QED) is 0.765. The Balaban J connectivity index is 1.88. The summed E-state index contributed by atoms with van der Waals surface area (Å²) in [5, 5.41) is 0. The largest absolute Gasteiger partial charge is 0.459 e. The molecule has 2 rings (SSSR count). The molecule has 1 heterocycles. The monoisotopic (exact) mass is 263 g/mol. The standard InChI is InChI=1S/C15H21NO3/c1-3-16(2)13-8-6-12(7-9-13)15(17)19-11-14-5-4-10-18-14/h6-9,14H,3-5,10-11H2,1-2H3/t14-/m1/s1. The van der Waals surface area contributed by atoms with Gasteiger partial charge in [0, 0.05) is 25.9 Å². The molecule has 4 nitrogen and oxygen atoms in total. The van der Waals surface area contributed by atoms with E-state index in [0.29, 0.717) is 12.2 Å². The van der Waals surface area contributed by atoms with Crippen LogP contribution in [0.25, 0.3) is 0 Å². The van der Waals surface area contributed by atoms with E-state index in [-0.39, 0.29) is 12.1 Å². The Labute approximate surface area is 114 Å². The first-order valence-corrected chi connectivity index (χ1v) is 6.80. The van der Waals surface area contributed by atoms with Crippen LogP contribution in [0.4, 0.5) is 5.69 Å². The van der Waals surface area contributed by atoms with Crippen molar-refractivity contribution in [3.63, 3.8) is 0 Å². The van der Waals surface area contributed by atoms with Gasteiger partial charge in [0.15, 0.2) is 0 Å².